The number of ketones is 1. The number of nitrogens with zero attached hydrogens (tertiary/aromatic N) is 2. The Labute approximate surface area is 145 Å². The van der Waals surface area contributed by atoms with Crippen LogP contribution in [0.5, 0.6) is 0 Å². The minimum absolute atomic E-state index is 0.0121. The highest BCUT2D eigenvalue weighted by atomic mass is 19.1. The van der Waals surface area contributed by atoms with Crippen molar-refractivity contribution >= 4 is 17.2 Å². The monoisotopic (exact) mass is 342 g/mol. The first kappa shape index (κ1) is 17.1. The van der Waals surface area contributed by atoms with Gasteiger partial charge in [0, 0.05) is 30.6 Å². The molecule has 3 rings (SSSR count). The Hall–Kier alpha value is -2.76. The van der Waals surface area contributed by atoms with Crippen LogP contribution in [0, 0.1) is 28.8 Å². The zero-order chi connectivity index (χ0) is 18.0. The van der Waals surface area contributed by atoms with E-state index in [1.807, 2.05) is 17.9 Å². The predicted molar refractivity (Wildman–Crippen MR) is 93.5 cm³/mol. The third kappa shape index (κ3) is 3.68. The molecule has 2 aromatic carbocycles. The number of nitro groups is 1. The highest BCUT2D eigenvalue weighted by Gasteiger charge is 2.28. The molecule has 0 aromatic heterocycles. The molecule has 130 valence electrons. The number of hydrogen-bond donors (Lipinski definition) is 0. The Morgan fingerprint density at radius 1 is 1.16 bits per heavy atom. The van der Waals surface area contributed by atoms with Crippen LogP contribution < -0.4 is 4.90 Å². The molecule has 1 heterocycles. The van der Waals surface area contributed by atoms with E-state index in [4.69, 9.17) is 0 Å². The number of benzene rings is 2. The summed E-state index contributed by atoms with van der Waals surface area (Å²) in [6, 6.07) is 10.8. The van der Waals surface area contributed by atoms with E-state index in [1.165, 1.54) is 24.3 Å². The standard InChI is InChI=1S/C19H19FN2O3/c1-13-2-7-17(18(12-13)22(24)25)21-10-8-15(9-11-21)19(23)14-3-5-16(20)6-4-14/h2-7,12,15H,8-11H2,1H3. The zero-order valence-electron chi connectivity index (χ0n) is 13.9. The van der Waals surface area contributed by atoms with Gasteiger partial charge in [-0.15, -0.1) is 0 Å². The average molecular weight is 342 g/mol. The maximum atomic E-state index is 13.0. The summed E-state index contributed by atoms with van der Waals surface area (Å²) < 4.78 is 13.0. The van der Waals surface area contributed by atoms with Crippen molar-refractivity contribution in [1.29, 1.82) is 0 Å². The van der Waals surface area contributed by atoms with Gasteiger partial charge in [-0.25, -0.2) is 4.39 Å². The molecule has 2 aromatic rings. The highest BCUT2D eigenvalue weighted by Crippen LogP contribution is 2.33. The first-order chi connectivity index (χ1) is 12.0. The van der Waals surface area contributed by atoms with E-state index in [1.54, 1.807) is 12.1 Å². The molecule has 1 saturated heterocycles. The highest BCUT2D eigenvalue weighted by molar-refractivity contribution is 5.98. The Bertz CT molecular complexity index is 797. The molecule has 0 aliphatic carbocycles. The lowest BCUT2D eigenvalue weighted by molar-refractivity contribution is -0.384. The maximum Gasteiger partial charge on any atom is 0.292 e. The van der Waals surface area contributed by atoms with Crippen molar-refractivity contribution in [3.63, 3.8) is 0 Å². The molecule has 6 heteroatoms. The molecule has 25 heavy (non-hydrogen) atoms. The summed E-state index contributed by atoms with van der Waals surface area (Å²) in [5.41, 5.74) is 2.06. The number of halogens is 1. The van der Waals surface area contributed by atoms with Gasteiger partial charge in [0.2, 0.25) is 0 Å². The van der Waals surface area contributed by atoms with Crippen LogP contribution in [0.2, 0.25) is 0 Å². The summed E-state index contributed by atoms with van der Waals surface area (Å²) in [6.45, 7) is 2.99. The van der Waals surface area contributed by atoms with Gasteiger partial charge >= 0.3 is 0 Å². The number of rotatable bonds is 4. The van der Waals surface area contributed by atoms with Crippen LogP contribution in [0.4, 0.5) is 15.8 Å². The van der Waals surface area contributed by atoms with E-state index in [-0.39, 0.29) is 28.1 Å². The first-order valence-electron chi connectivity index (χ1n) is 8.25. The molecule has 0 saturated carbocycles. The van der Waals surface area contributed by atoms with Crippen LogP contribution in [0.15, 0.2) is 42.5 Å². The maximum absolute atomic E-state index is 13.0. The van der Waals surface area contributed by atoms with Crippen LogP contribution in [0.1, 0.15) is 28.8 Å². The number of carbonyl (C=O) groups is 1. The van der Waals surface area contributed by atoms with E-state index in [2.05, 4.69) is 0 Å². The number of nitro benzene ring substituents is 1. The molecule has 0 N–H and O–H groups in total. The first-order valence-corrected chi connectivity index (χ1v) is 8.25. The molecule has 1 aliphatic rings. The average Bonchev–Trinajstić information content (AvgIpc) is 2.62. The molecule has 0 radical (unpaired) electrons. The van der Waals surface area contributed by atoms with Crippen LogP contribution in [0.3, 0.4) is 0 Å². The predicted octanol–water partition coefficient (Wildman–Crippen LogP) is 4.14. The van der Waals surface area contributed by atoms with Crippen molar-refractivity contribution in [3.8, 4) is 0 Å². The summed E-state index contributed by atoms with van der Waals surface area (Å²) >= 11 is 0. The van der Waals surface area contributed by atoms with Gasteiger partial charge in [0.1, 0.15) is 11.5 Å². The van der Waals surface area contributed by atoms with Crippen molar-refractivity contribution in [2.45, 2.75) is 19.8 Å². The van der Waals surface area contributed by atoms with Gasteiger partial charge in [0.25, 0.3) is 5.69 Å². The zero-order valence-corrected chi connectivity index (χ0v) is 13.9. The molecule has 0 unspecified atom stereocenters. The van der Waals surface area contributed by atoms with Crippen molar-refractivity contribution < 1.29 is 14.1 Å². The van der Waals surface area contributed by atoms with E-state index in [0.717, 1.165) is 5.56 Å². The van der Waals surface area contributed by atoms with Crippen LogP contribution >= 0.6 is 0 Å². The van der Waals surface area contributed by atoms with E-state index < -0.39 is 0 Å². The molecular formula is C19H19FN2O3. The molecule has 1 fully saturated rings. The number of anilines is 1. The number of aryl methyl sites for hydroxylation is 1. The third-order valence-corrected chi connectivity index (χ3v) is 4.66. The second-order valence-electron chi connectivity index (χ2n) is 6.38. The smallest absolute Gasteiger partial charge is 0.292 e. The molecule has 0 atom stereocenters. The lowest BCUT2D eigenvalue weighted by Gasteiger charge is -2.32. The Morgan fingerprint density at radius 3 is 2.40 bits per heavy atom. The van der Waals surface area contributed by atoms with Gasteiger partial charge in [0.15, 0.2) is 5.78 Å². The number of carbonyl (C=O) groups excluding carboxylic acids is 1. The van der Waals surface area contributed by atoms with Crippen molar-refractivity contribution in [3.05, 3.63) is 69.5 Å². The number of Topliss-reactive ketones (excluding diaryl/α,β-unsaturated/α-hetero) is 1. The fraction of sp³-hybridized carbons (Fsp3) is 0.316. The Morgan fingerprint density at radius 2 is 1.80 bits per heavy atom. The normalized spacial score (nSPS) is 15.2. The fourth-order valence-electron chi connectivity index (χ4n) is 3.28. The van der Waals surface area contributed by atoms with Crippen LogP contribution in [0.25, 0.3) is 0 Å². The summed E-state index contributed by atoms with van der Waals surface area (Å²) in [5, 5.41) is 11.3. The van der Waals surface area contributed by atoms with Crippen molar-refractivity contribution in [1.82, 2.24) is 0 Å². The minimum atomic E-state index is -0.363. The van der Waals surface area contributed by atoms with Gasteiger partial charge in [0.05, 0.1) is 4.92 Å². The quantitative estimate of drug-likeness (QED) is 0.476. The van der Waals surface area contributed by atoms with E-state index >= 15 is 0 Å². The topological polar surface area (TPSA) is 63.5 Å². The Kier molecular flexibility index (Phi) is 4.79. The Balaban J connectivity index is 1.71. The van der Waals surface area contributed by atoms with Crippen LogP contribution in [-0.2, 0) is 0 Å². The summed E-state index contributed by atoms with van der Waals surface area (Å²) in [4.78, 5) is 25.4. The molecule has 0 bridgehead atoms. The summed E-state index contributed by atoms with van der Waals surface area (Å²) in [7, 11) is 0. The van der Waals surface area contributed by atoms with Crippen molar-refractivity contribution in [2.24, 2.45) is 5.92 Å². The van der Waals surface area contributed by atoms with Gasteiger partial charge in [-0.1, -0.05) is 6.07 Å². The summed E-state index contributed by atoms with van der Waals surface area (Å²) in [6.07, 6.45) is 1.25. The molecule has 0 amide bonds. The number of piperidine rings is 1. The van der Waals surface area contributed by atoms with Gasteiger partial charge in [-0.05, 0) is 55.7 Å². The third-order valence-electron chi connectivity index (χ3n) is 4.66. The van der Waals surface area contributed by atoms with E-state index in [9.17, 15) is 19.3 Å². The minimum Gasteiger partial charge on any atom is -0.366 e. The lowest BCUT2D eigenvalue weighted by atomic mass is 9.88. The van der Waals surface area contributed by atoms with Crippen molar-refractivity contribution in [2.75, 3.05) is 18.0 Å². The van der Waals surface area contributed by atoms with Gasteiger partial charge < -0.3 is 4.90 Å². The molecular weight excluding hydrogens is 323 g/mol. The van der Waals surface area contributed by atoms with Gasteiger partial charge in [-0.3, -0.25) is 14.9 Å². The molecule has 1 aliphatic heterocycles. The van der Waals surface area contributed by atoms with E-state index in [0.29, 0.717) is 37.2 Å². The molecule has 5 nitrogen and oxygen atoms in total. The van der Waals surface area contributed by atoms with Crippen LogP contribution in [-0.4, -0.2) is 23.8 Å². The molecule has 0 spiro atoms. The lowest BCUT2D eigenvalue weighted by Crippen LogP contribution is -2.36. The largest absolute Gasteiger partial charge is 0.366 e. The van der Waals surface area contributed by atoms with Gasteiger partial charge in [-0.2, -0.15) is 0 Å². The number of hydrogen-bond acceptors (Lipinski definition) is 4. The summed E-state index contributed by atoms with van der Waals surface area (Å²) in [5.74, 6) is -0.484. The fourth-order valence-corrected chi connectivity index (χ4v) is 3.28. The SMILES string of the molecule is Cc1ccc(N2CCC(C(=O)c3ccc(F)cc3)CC2)c([N+](=O)[O-])c1. The second kappa shape index (κ2) is 7.01. The second-order valence-corrected chi connectivity index (χ2v) is 6.38.